The van der Waals surface area contributed by atoms with E-state index in [2.05, 4.69) is 27.1 Å². The summed E-state index contributed by atoms with van der Waals surface area (Å²) in [5.41, 5.74) is 4.30. The standard InChI is InChI=1S/C24H26N4O2/c1-14-25-11-17(12-26-14)16-7-8-19-20(9-16)28(23(29)24(19,2)3)18-10-21(30-4)22(27-13-18)15-5-6-15/h7,9-13,15,19H,5-6,8H2,1-4H3. The smallest absolute Gasteiger partial charge is 0.237 e. The van der Waals surface area contributed by atoms with Crippen LogP contribution in [0.4, 0.5) is 5.69 Å². The van der Waals surface area contributed by atoms with Crippen LogP contribution in [0.3, 0.4) is 0 Å². The highest BCUT2D eigenvalue weighted by Gasteiger charge is 2.51. The topological polar surface area (TPSA) is 68.2 Å². The fraction of sp³-hybridized carbons (Fsp3) is 0.417. The van der Waals surface area contributed by atoms with Crippen LogP contribution in [0, 0.1) is 18.3 Å². The Morgan fingerprint density at radius 2 is 1.87 bits per heavy atom. The molecule has 1 aliphatic heterocycles. The second-order valence-corrected chi connectivity index (χ2v) is 8.95. The van der Waals surface area contributed by atoms with E-state index in [4.69, 9.17) is 4.74 Å². The number of carbonyl (C=O) groups is 1. The number of carbonyl (C=O) groups excluding carboxylic acids is 1. The van der Waals surface area contributed by atoms with Crippen LogP contribution in [0.2, 0.25) is 0 Å². The molecule has 1 saturated carbocycles. The van der Waals surface area contributed by atoms with Gasteiger partial charge >= 0.3 is 0 Å². The van der Waals surface area contributed by atoms with Gasteiger partial charge in [0.05, 0.1) is 30.1 Å². The van der Waals surface area contributed by atoms with E-state index >= 15 is 0 Å². The molecule has 2 aromatic rings. The summed E-state index contributed by atoms with van der Waals surface area (Å²) in [6.45, 7) is 5.94. The van der Waals surface area contributed by atoms with Crippen molar-refractivity contribution in [2.24, 2.45) is 11.3 Å². The van der Waals surface area contributed by atoms with Gasteiger partial charge in [-0.15, -0.1) is 0 Å². The minimum atomic E-state index is -0.486. The third-order valence-electron chi connectivity index (χ3n) is 6.54. The minimum absolute atomic E-state index is 0.0941. The van der Waals surface area contributed by atoms with Gasteiger partial charge in [0.25, 0.3) is 0 Å². The average molecular weight is 402 g/mol. The summed E-state index contributed by atoms with van der Waals surface area (Å²) in [5.74, 6) is 2.21. The van der Waals surface area contributed by atoms with Crippen molar-refractivity contribution in [3.63, 3.8) is 0 Å². The Bertz CT molecular complexity index is 1080. The van der Waals surface area contributed by atoms with Crippen LogP contribution < -0.4 is 9.64 Å². The highest BCUT2D eigenvalue weighted by atomic mass is 16.5. The summed E-state index contributed by atoms with van der Waals surface area (Å²) < 4.78 is 5.62. The second kappa shape index (κ2) is 6.76. The SMILES string of the molecule is COc1cc(N2C(=O)C(C)(C)C3CC=C(c4cnc(C)nc4)C=C32)cnc1C1CC1. The van der Waals surface area contributed by atoms with Crippen LogP contribution in [0.25, 0.3) is 5.57 Å². The molecular formula is C24H26N4O2. The molecule has 0 spiro atoms. The lowest BCUT2D eigenvalue weighted by Gasteiger charge is -2.26. The molecular weight excluding hydrogens is 376 g/mol. The molecule has 6 nitrogen and oxygen atoms in total. The van der Waals surface area contributed by atoms with E-state index in [1.54, 1.807) is 7.11 Å². The molecule has 0 N–H and O–H groups in total. The summed E-state index contributed by atoms with van der Waals surface area (Å²) in [6, 6.07) is 1.96. The number of aryl methyl sites for hydroxylation is 1. The van der Waals surface area contributed by atoms with Gasteiger partial charge in [-0.3, -0.25) is 14.7 Å². The maximum atomic E-state index is 13.5. The number of pyridine rings is 1. The Kier molecular flexibility index (Phi) is 4.27. The molecule has 0 bridgehead atoms. The van der Waals surface area contributed by atoms with Crippen LogP contribution in [-0.2, 0) is 4.79 Å². The minimum Gasteiger partial charge on any atom is -0.495 e. The lowest BCUT2D eigenvalue weighted by molar-refractivity contribution is -0.125. The first-order valence-corrected chi connectivity index (χ1v) is 10.5. The third kappa shape index (κ3) is 2.93. The van der Waals surface area contributed by atoms with Crippen LogP contribution >= 0.6 is 0 Å². The number of ether oxygens (including phenoxy) is 1. The Labute approximate surface area is 176 Å². The number of hydrogen-bond donors (Lipinski definition) is 0. The Balaban J connectivity index is 1.58. The predicted octanol–water partition coefficient (Wildman–Crippen LogP) is 4.43. The molecule has 2 aliphatic carbocycles. The number of hydrogen-bond acceptors (Lipinski definition) is 5. The number of rotatable bonds is 4. The summed E-state index contributed by atoms with van der Waals surface area (Å²) in [7, 11) is 1.67. The van der Waals surface area contributed by atoms with E-state index < -0.39 is 5.41 Å². The first-order valence-electron chi connectivity index (χ1n) is 10.5. The van der Waals surface area contributed by atoms with Crippen LogP contribution in [0.5, 0.6) is 5.75 Å². The molecule has 2 aromatic heterocycles. The van der Waals surface area contributed by atoms with E-state index in [0.717, 1.165) is 59.1 Å². The van der Waals surface area contributed by atoms with Gasteiger partial charge in [0, 0.05) is 41.6 Å². The molecule has 3 aliphatic rings. The molecule has 154 valence electrons. The summed E-state index contributed by atoms with van der Waals surface area (Å²) in [6.07, 6.45) is 12.9. The van der Waals surface area contributed by atoms with Crippen molar-refractivity contribution in [2.45, 2.75) is 46.0 Å². The van der Waals surface area contributed by atoms with Gasteiger partial charge in [0.15, 0.2) is 0 Å². The molecule has 6 heteroatoms. The van der Waals surface area contributed by atoms with Gasteiger partial charge < -0.3 is 4.74 Å². The van der Waals surface area contributed by atoms with Crippen molar-refractivity contribution >= 4 is 17.2 Å². The van der Waals surface area contributed by atoms with Gasteiger partial charge in [-0.1, -0.05) is 19.9 Å². The zero-order valence-electron chi connectivity index (χ0n) is 17.8. The van der Waals surface area contributed by atoms with Gasteiger partial charge in [0.1, 0.15) is 11.6 Å². The third-order valence-corrected chi connectivity index (χ3v) is 6.54. The quantitative estimate of drug-likeness (QED) is 0.757. The summed E-state index contributed by atoms with van der Waals surface area (Å²) in [5, 5.41) is 0. The van der Waals surface area contributed by atoms with E-state index in [-0.39, 0.29) is 11.8 Å². The zero-order valence-corrected chi connectivity index (χ0v) is 17.8. The van der Waals surface area contributed by atoms with Gasteiger partial charge in [-0.25, -0.2) is 9.97 Å². The van der Waals surface area contributed by atoms with Gasteiger partial charge in [-0.05, 0) is 37.8 Å². The highest BCUT2D eigenvalue weighted by molar-refractivity contribution is 6.05. The Morgan fingerprint density at radius 1 is 1.13 bits per heavy atom. The number of fused-ring (bicyclic) bond motifs is 1. The van der Waals surface area contributed by atoms with Crippen molar-refractivity contribution in [3.05, 3.63) is 59.6 Å². The van der Waals surface area contributed by atoms with Gasteiger partial charge in [-0.2, -0.15) is 0 Å². The lowest BCUT2D eigenvalue weighted by atomic mass is 9.75. The molecule has 0 aromatic carbocycles. The first kappa shape index (κ1) is 19.0. The number of anilines is 1. The Hall–Kier alpha value is -3.02. The molecule has 1 unspecified atom stereocenters. The highest BCUT2D eigenvalue weighted by Crippen LogP contribution is 2.51. The van der Waals surface area contributed by atoms with E-state index in [0.29, 0.717) is 5.92 Å². The van der Waals surface area contributed by atoms with Crippen molar-refractivity contribution in [1.82, 2.24) is 15.0 Å². The molecule has 3 heterocycles. The fourth-order valence-corrected chi connectivity index (χ4v) is 4.53. The number of nitrogens with zero attached hydrogens (tertiary/aromatic N) is 4. The van der Waals surface area contributed by atoms with Crippen LogP contribution in [0.15, 0.2) is 42.5 Å². The fourth-order valence-electron chi connectivity index (χ4n) is 4.53. The Morgan fingerprint density at radius 3 is 2.53 bits per heavy atom. The molecule has 2 fully saturated rings. The molecule has 30 heavy (non-hydrogen) atoms. The van der Waals surface area contributed by atoms with Crippen LogP contribution in [0.1, 0.15) is 56.1 Å². The van der Waals surface area contributed by atoms with Crippen molar-refractivity contribution < 1.29 is 9.53 Å². The molecule has 1 saturated heterocycles. The average Bonchev–Trinajstić information content (AvgIpc) is 3.56. The number of allylic oxidation sites excluding steroid dienone is 4. The normalized spacial score (nSPS) is 22.5. The maximum absolute atomic E-state index is 13.5. The predicted molar refractivity (Wildman–Crippen MR) is 115 cm³/mol. The second-order valence-electron chi connectivity index (χ2n) is 8.95. The molecule has 0 radical (unpaired) electrons. The maximum Gasteiger partial charge on any atom is 0.237 e. The van der Waals surface area contributed by atoms with Crippen molar-refractivity contribution in [3.8, 4) is 5.75 Å². The van der Waals surface area contributed by atoms with Crippen molar-refractivity contribution in [2.75, 3.05) is 12.0 Å². The van der Waals surface area contributed by atoms with Crippen LogP contribution in [-0.4, -0.2) is 28.0 Å². The number of methoxy groups -OCH3 is 1. The molecule has 1 atom stereocenters. The molecule has 5 rings (SSSR count). The molecule has 1 amide bonds. The number of aromatic nitrogens is 3. The van der Waals surface area contributed by atoms with Gasteiger partial charge in [0.2, 0.25) is 5.91 Å². The summed E-state index contributed by atoms with van der Waals surface area (Å²) in [4.78, 5) is 28.6. The lowest BCUT2D eigenvalue weighted by Crippen LogP contribution is -2.31. The monoisotopic (exact) mass is 402 g/mol. The van der Waals surface area contributed by atoms with E-state index in [1.165, 1.54) is 0 Å². The number of amides is 1. The largest absolute Gasteiger partial charge is 0.495 e. The summed E-state index contributed by atoms with van der Waals surface area (Å²) >= 11 is 0. The van der Waals surface area contributed by atoms with E-state index in [1.807, 2.05) is 50.3 Å². The zero-order chi connectivity index (χ0) is 21.0. The first-order chi connectivity index (χ1) is 14.4. The van der Waals surface area contributed by atoms with Crippen molar-refractivity contribution in [1.29, 1.82) is 0 Å². The van der Waals surface area contributed by atoms with E-state index in [9.17, 15) is 4.79 Å².